The quantitative estimate of drug-likeness (QED) is 0.352. The number of rotatable bonds is 5. The zero-order valence-electron chi connectivity index (χ0n) is 13.4. The first-order chi connectivity index (χ1) is 12.5. The van der Waals surface area contributed by atoms with Gasteiger partial charge in [0.25, 0.3) is 0 Å². The molecule has 0 amide bonds. The minimum atomic E-state index is -5.60. The molecule has 0 atom stereocenters. The lowest BCUT2D eigenvalue weighted by atomic mass is 10.1. The molecule has 0 bridgehead atoms. The van der Waals surface area contributed by atoms with Crippen LogP contribution in [0.1, 0.15) is 15.9 Å². The van der Waals surface area contributed by atoms with Gasteiger partial charge in [0.1, 0.15) is 11.3 Å². The second kappa shape index (κ2) is 7.37. The minimum Gasteiger partial charge on any atom is -0.465 e. The van der Waals surface area contributed by atoms with E-state index in [1.807, 2.05) is 0 Å². The van der Waals surface area contributed by atoms with E-state index in [1.165, 1.54) is 18.2 Å². The Labute approximate surface area is 150 Å². The standard InChI is InChI=1S/C16H10F4O6S/c1-3-7-4-5-9(8(6-7)16(21)25-2)26-14-10(17)12(19)15(27(22,23)24)13(20)11(14)18/h3-6H,1H2,2H3,(H,22,23,24). The molecular formula is C16H10F4O6S. The molecule has 11 heteroatoms. The van der Waals surface area contributed by atoms with Crippen molar-refractivity contribution in [3.63, 3.8) is 0 Å². The van der Waals surface area contributed by atoms with Gasteiger partial charge in [-0.2, -0.15) is 17.2 Å². The van der Waals surface area contributed by atoms with Crippen molar-refractivity contribution in [2.24, 2.45) is 0 Å². The maximum atomic E-state index is 14.1. The normalized spacial score (nSPS) is 11.2. The van der Waals surface area contributed by atoms with Gasteiger partial charge in [-0.25, -0.2) is 13.6 Å². The van der Waals surface area contributed by atoms with Crippen LogP contribution in [-0.2, 0) is 14.9 Å². The smallest absolute Gasteiger partial charge is 0.341 e. The first kappa shape index (κ1) is 20.4. The Hall–Kier alpha value is -2.92. The van der Waals surface area contributed by atoms with Gasteiger partial charge in [-0.3, -0.25) is 4.55 Å². The fourth-order valence-electron chi connectivity index (χ4n) is 2.05. The zero-order valence-corrected chi connectivity index (χ0v) is 14.2. The van der Waals surface area contributed by atoms with E-state index in [0.29, 0.717) is 5.56 Å². The summed E-state index contributed by atoms with van der Waals surface area (Å²) in [5.41, 5.74) is 0.0381. The summed E-state index contributed by atoms with van der Waals surface area (Å²) in [6, 6.07) is 3.53. The van der Waals surface area contributed by atoms with Crippen LogP contribution in [0, 0.1) is 23.3 Å². The van der Waals surface area contributed by atoms with E-state index in [4.69, 9.17) is 9.29 Å². The molecule has 0 aromatic heterocycles. The van der Waals surface area contributed by atoms with Crippen LogP contribution in [-0.4, -0.2) is 26.0 Å². The molecule has 0 aliphatic carbocycles. The lowest BCUT2D eigenvalue weighted by Crippen LogP contribution is -2.12. The van der Waals surface area contributed by atoms with Gasteiger partial charge in [-0.15, -0.1) is 0 Å². The van der Waals surface area contributed by atoms with Crippen molar-refractivity contribution in [3.05, 3.63) is 59.2 Å². The second-order valence-electron chi connectivity index (χ2n) is 4.94. The molecule has 2 aromatic carbocycles. The van der Waals surface area contributed by atoms with Crippen molar-refractivity contribution >= 4 is 22.2 Å². The summed E-state index contributed by atoms with van der Waals surface area (Å²) in [6.07, 6.45) is 1.33. The van der Waals surface area contributed by atoms with Gasteiger partial charge in [0.05, 0.1) is 7.11 Å². The summed E-state index contributed by atoms with van der Waals surface area (Å²) in [5.74, 6) is -12.4. The van der Waals surface area contributed by atoms with Crippen LogP contribution >= 0.6 is 0 Å². The number of hydrogen-bond donors (Lipinski definition) is 1. The van der Waals surface area contributed by atoms with Crippen LogP contribution in [0.25, 0.3) is 6.08 Å². The first-order valence-corrected chi connectivity index (χ1v) is 8.33. The van der Waals surface area contributed by atoms with E-state index in [1.54, 1.807) is 0 Å². The number of ether oxygens (including phenoxy) is 2. The Bertz CT molecular complexity index is 1020. The fourth-order valence-corrected chi connectivity index (χ4v) is 2.68. The highest BCUT2D eigenvalue weighted by atomic mass is 32.2. The number of halogens is 4. The zero-order chi connectivity index (χ0) is 20.5. The summed E-state index contributed by atoms with van der Waals surface area (Å²) in [4.78, 5) is 9.59. The van der Waals surface area contributed by atoms with E-state index in [2.05, 4.69) is 11.3 Å². The van der Waals surface area contributed by atoms with Crippen LogP contribution < -0.4 is 4.74 Å². The van der Waals surface area contributed by atoms with Crippen LogP contribution in [0.15, 0.2) is 29.7 Å². The predicted octanol–water partition coefficient (Wildman–Crippen LogP) is 3.71. The molecule has 1 N–H and O–H groups in total. The van der Waals surface area contributed by atoms with Crippen molar-refractivity contribution in [1.82, 2.24) is 0 Å². The number of methoxy groups -OCH3 is 1. The summed E-state index contributed by atoms with van der Waals surface area (Å²) < 4.78 is 95.7. The van der Waals surface area contributed by atoms with Crippen LogP contribution in [0.2, 0.25) is 0 Å². The topological polar surface area (TPSA) is 89.9 Å². The average Bonchev–Trinajstić information content (AvgIpc) is 2.62. The van der Waals surface area contributed by atoms with E-state index in [9.17, 15) is 30.8 Å². The Morgan fingerprint density at radius 3 is 2.11 bits per heavy atom. The van der Waals surface area contributed by atoms with Crippen molar-refractivity contribution in [2.45, 2.75) is 4.90 Å². The Kier molecular flexibility index (Phi) is 5.56. The second-order valence-corrected chi connectivity index (χ2v) is 6.30. The molecule has 0 saturated heterocycles. The number of carbonyl (C=O) groups is 1. The van der Waals surface area contributed by atoms with E-state index >= 15 is 0 Å². The van der Waals surface area contributed by atoms with Gasteiger partial charge in [-0.05, 0) is 17.7 Å². The van der Waals surface area contributed by atoms with Gasteiger partial charge in [0.2, 0.25) is 17.4 Å². The molecule has 0 unspecified atom stereocenters. The maximum Gasteiger partial charge on any atom is 0.341 e. The third-order valence-corrected chi connectivity index (χ3v) is 4.17. The minimum absolute atomic E-state index is 0.353. The lowest BCUT2D eigenvalue weighted by Gasteiger charge is -2.14. The fraction of sp³-hybridized carbons (Fsp3) is 0.0625. The Balaban J connectivity index is 2.69. The largest absolute Gasteiger partial charge is 0.465 e. The van der Waals surface area contributed by atoms with E-state index < -0.39 is 55.8 Å². The maximum absolute atomic E-state index is 14.1. The highest BCUT2D eigenvalue weighted by Gasteiger charge is 2.34. The molecule has 0 spiro atoms. The van der Waals surface area contributed by atoms with Crippen molar-refractivity contribution in [3.8, 4) is 11.5 Å². The highest BCUT2D eigenvalue weighted by Crippen LogP contribution is 2.36. The molecule has 0 aliphatic rings. The Morgan fingerprint density at radius 2 is 1.67 bits per heavy atom. The third kappa shape index (κ3) is 3.78. The molecule has 144 valence electrons. The van der Waals surface area contributed by atoms with Crippen molar-refractivity contribution < 1.29 is 44.8 Å². The lowest BCUT2D eigenvalue weighted by molar-refractivity contribution is 0.0597. The molecule has 2 rings (SSSR count). The highest BCUT2D eigenvalue weighted by molar-refractivity contribution is 7.85. The SMILES string of the molecule is C=Cc1ccc(Oc2c(F)c(F)c(S(=O)(=O)O)c(F)c2F)c(C(=O)OC)c1. The molecule has 0 fully saturated rings. The molecule has 0 aliphatic heterocycles. The number of carbonyl (C=O) groups excluding carboxylic acids is 1. The van der Waals surface area contributed by atoms with Crippen LogP contribution in [0.5, 0.6) is 11.5 Å². The van der Waals surface area contributed by atoms with Crippen molar-refractivity contribution in [2.75, 3.05) is 7.11 Å². The van der Waals surface area contributed by atoms with E-state index in [0.717, 1.165) is 13.2 Å². The van der Waals surface area contributed by atoms with Crippen LogP contribution in [0.4, 0.5) is 17.6 Å². The number of benzene rings is 2. The molecule has 6 nitrogen and oxygen atoms in total. The summed E-state index contributed by atoms with van der Waals surface area (Å²) in [5, 5.41) is 0. The predicted molar refractivity (Wildman–Crippen MR) is 84.0 cm³/mol. The first-order valence-electron chi connectivity index (χ1n) is 6.89. The third-order valence-electron chi connectivity index (χ3n) is 3.30. The van der Waals surface area contributed by atoms with E-state index in [-0.39, 0.29) is 5.56 Å². The van der Waals surface area contributed by atoms with Gasteiger partial charge in [-0.1, -0.05) is 18.7 Å². The van der Waals surface area contributed by atoms with Gasteiger partial charge in [0.15, 0.2) is 16.5 Å². The monoisotopic (exact) mass is 406 g/mol. The molecule has 0 heterocycles. The molecule has 27 heavy (non-hydrogen) atoms. The van der Waals surface area contributed by atoms with Crippen molar-refractivity contribution in [1.29, 1.82) is 0 Å². The van der Waals surface area contributed by atoms with Gasteiger partial charge < -0.3 is 9.47 Å². The average molecular weight is 406 g/mol. The summed E-state index contributed by atoms with van der Waals surface area (Å²) >= 11 is 0. The van der Waals surface area contributed by atoms with Crippen LogP contribution in [0.3, 0.4) is 0 Å². The summed E-state index contributed by atoms with van der Waals surface area (Å²) in [6.45, 7) is 3.46. The molecule has 0 radical (unpaired) electrons. The molecule has 2 aromatic rings. The van der Waals surface area contributed by atoms with Gasteiger partial charge in [0, 0.05) is 0 Å². The Morgan fingerprint density at radius 1 is 1.11 bits per heavy atom. The molecule has 0 saturated carbocycles. The number of esters is 1. The van der Waals surface area contributed by atoms with Gasteiger partial charge >= 0.3 is 16.1 Å². The summed E-state index contributed by atoms with van der Waals surface area (Å²) in [7, 11) is -4.60. The molecular weight excluding hydrogens is 396 g/mol. The number of hydrogen-bond acceptors (Lipinski definition) is 5.